The van der Waals surface area contributed by atoms with Crippen molar-refractivity contribution in [2.45, 2.75) is 0 Å². The Morgan fingerprint density at radius 2 is 1.73 bits per heavy atom. The van der Waals surface area contributed by atoms with Crippen LogP contribution in [-0.2, 0) is 4.79 Å². The Morgan fingerprint density at radius 1 is 1.27 bits per heavy atom. The van der Waals surface area contributed by atoms with Gasteiger partial charge in [0.05, 0.1) is 12.5 Å². The Morgan fingerprint density at radius 3 is 2.13 bits per heavy atom. The van der Waals surface area contributed by atoms with E-state index in [4.69, 9.17) is 6.48 Å². The van der Waals surface area contributed by atoms with E-state index in [0.717, 1.165) is 0 Å². The molecule has 15 heavy (non-hydrogen) atoms. The molecule has 0 radical (unpaired) electrons. The van der Waals surface area contributed by atoms with Crippen LogP contribution in [0.2, 0.25) is 0 Å². The summed E-state index contributed by atoms with van der Waals surface area (Å²) in [5.74, 6) is -3.00. The SMILES string of the molecule is [2H]C(C(=O)O)N1C(=O)c2ccccc2C1=O. The topological polar surface area (TPSA) is 74.7 Å². The van der Waals surface area contributed by atoms with Crippen LogP contribution in [0.5, 0.6) is 0 Å². The van der Waals surface area contributed by atoms with Crippen LogP contribution in [-0.4, -0.2) is 34.3 Å². The molecule has 2 amide bonds. The smallest absolute Gasteiger partial charge is 0.323 e. The van der Waals surface area contributed by atoms with Crippen LogP contribution >= 0.6 is 0 Å². The quantitative estimate of drug-likeness (QED) is 0.709. The van der Waals surface area contributed by atoms with Crippen molar-refractivity contribution in [3.63, 3.8) is 0 Å². The van der Waals surface area contributed by atoms with E-state index < -0.39 is 24.3 Å². The van der Waals surface area contributed by atoms with Gasteiger partial charge in [0.25, 0.3) is 11.8 Å². The fourth-order valence-corrected chi connectivity index (χ4v) is 1.44. The van der Waals surface area contributed by atoms with Gasteiger partial charge in [0.2, 0.25) is 0 Å². The predicted molar refractivity (Wildman–Crippen MR) is 49.4 cm³/mol. The highest BCUT2D eigenvalue weighted by atomic mass is 16.4. The number of hydrogen-bond acceptors (Lipinski definition) is 3. The molecule has 1 N–H and O–H groups in total. The first kappa shape index (κ1) is 8.16. The van der Waals surface area contributed by atoms with Crippen molar-refractivity contribution in [3.8, 4) is 0 Å². The number of hydrogen-bond donors (Lipinski definition) is 1. The fraction of sp³-hybridized carbons (Fsp3) is 0.100. The molecule has 2 rings (SSSR count). The Balaban J connectivity index is 2.46. The third-order valence-electron chi connectivity index (χ3n) is 2.07. The van der Waals surface area contributed by atoms with Crippen molar-refractivity contribution < 1.29 is 20.9 Å². The lowest BCUT2D eigenvalue weighted by Gasteiger charge is -2.09. The van der Waals surface area contributed by atoms with E-state index in [0.29, 0.717) is 4.90 Å². The van der Waals surface area contributed by atoms with E-state index in [9.17, 15) is 14.4 Å². The van der Waals surface area contributed by atoms with E-state index in [1.165, 1.54) is 12.1 Å². The van der Waals surface area contributed by atoms with Gasteiger partial charge >= 0.3 is 5.97 Å². The number of aliphatic carboxylic acids is 1. The van der Waals surface area contributed by atoms with Crippen molar-refractivity contribution in [2.75, 3.05) is 6.52 Å². The van der Waals surface area contributed by atoms with Crippen LogP contribution in [0.4, 0.5) is 0 Å². The first-order valence-electron chi connectivity index (χ1n) is 4.73. The van der Waals surface area contributed by atoms with Gasteiger partial charge < -0.3 is 5.11 Å². The van der Waals surface area contributed by atoms with Crippen LogP contribution in [0.15, 0.2) is 24.3 Å². The molecule has 1 unspecified atom stereocenters. The molecule has 0 bridgehead atoms. The normalized spacial score (nSPS) is 17.3. The molecule has 0 aliphatic carbocycles. The summed E-state index contributed by atoms with van der Waals surface area (Å²) in [5.41, 5.74) is 0.289. The van der Waals surface area contributed by atoms with Gasteiger partial charge in [-0.05, 0) is 12.1 Å². The minimum absolute atomic E-state index is 0.144. The minimum Gasteiger partial charge on any atom is -0.480 e. The molecule has 5 heteroatoms. The monoisotopic (exact) mass is 206 g/mol. The highest BCUT2D eigenvalue weighted by Gasteiger charge is 2.35. The third kappa shape index (κ3) is 1.38. The molecule has 5 nitrogen and oxygen atoms in total. The Kier molecular flexibility index (Phi) is 1.74. The van der Waals surface area contributed by atoms with Gasteiger partial charge in [0, 0.05) is 0 Å². The number of benzene rings is 1. The van der Waals surface area contributed by atoms with Gasteiger partial charge in [-0.3, -0.25) is 19.3 Å². The molecule has 0 fully saturated rings. The average Bonchev–Trinajstić information content (AvgIpc) is 2.52. The number of carbonyl (C=O) groups is 3. The van der Waals surface area contributed by atoms with Crippen LogP contribution in [0.3, 0.4) is 0 Å². The lowest BCUT2D eigenvalue weighted by atomic mass is 10.1. The number of rotatable bonds is 2. The largest absolute Gasteiger partial charge is 0.480 e. The first-order valence-corrected chi connectivity index (χ1v) is 4.16. The predicted octanol–water partition coefficient (Wildman–Crippen LogP) is 0.367. The number of fused-ring (bicyclic) bond motifs is 1. The van der Waals surface area contributed by atoms with Crippen molar-refractivity contribution in [1.82, 2.24) is 4.90 Å². The standard InChI is InChI=1S/C10H7NO4/c12-8(13)5-11-9(14)6-3-1-2-4-7(6)10(11)15/h1-4H,5H2,(H,12,13)/i5D. The van der Waals surface area contributed by atoms with Gasteiger partial charge in [-0.15, -0.1) is 0 Å². The van der Waals surface area contributed by atoms with Crippen molar-refractivity contribution in [3.05, 3.63) is 35.4 Å². The molecule has 0 spiro atoms. The van der Waals surface area contributed by atoms with Gasteiger partial charge in [0.15, 0.2) is 0 Å². The molecule has 1 aromatic rings. The average molecular weight is 206 g/mol. The summed E-state index contributed by atoms with van der Waals surface area (Å²) in [4.78, 5) is 34.4. The first-order chi connectivity index (χ1) is 7.54. The van der Waals surface area contributed by atoms with Gasteiger partial charge in [-0.25, -0.2) is 0 Å². The summed E-state index contributed by atoms with van der Waals surface area (Å²) < 4.78 is 7.25. The number of carbonyl (C=O) groups excluding carboxylic acids is 2. The molecule has 1 heterocycles. The number of nitrogens with zero attached hydrogens (tertiary/aromatic N) is 1. The summed E-state index contributed by atoms with van der Waals surface area (Å²) >= 11 is 0. The summed E-state index contributed by atoms with van der Waals surface area (Å²) in [6.45, 7) is -1.90. The maximum atomic E-state index is 11.7. The zero-order chi connectivity index (χ0) is 11.9. The van der Waals surface area contributed by atoms with Crippen LogP contribution in [0.1, 0.15) is 22.1 Å². The number of carboxylic acids is 1. The highest BCUT2D eigenvalue weighted by molar-refractivity contribution is 6.22. The number of amides is 2. The lowest BCUT2D eigenvalue weighted by molar-refractivity contribution is -0.137. The third-order valence-corrected chi connectivity index (χ3v) is 2.07. The second-order valence-corrected chi connectivity index (χ2v) is 2.99. The van der Waals surface area contributed by atoms with Gasteiger partial charge in [0.1, 0.15) is 6.52 Å². The second kappa shape index (κ2) is 3.20. The summed E-state index contributed by atoms with van der Waals surface area (Å²) in [5, 5.41) is 8.62. The maximum absolute atomic E-state index is 11.7. The molecular weight excluding hydrogens is 198 g/mol. The summed E-state index contributed by atoms with van der Waals surface area (Å²) in [6.07, 6.45) is 0. The number of imide groups is 1. The summed E-state index contributed by atoms with van der Waals surface area (Å²) in [7, 11) is 0. The van der Waals surface area contributed by atoms with E-state index in [2.05, 4.69) is 0 Å². The van der Waals surface area contributed by atoms with Crippen LogP contribution < -0.4 is 0 Å². The van der Waals surface area contributed by atoms with E-state index >= 15 is 0 Å². The van der Waals surface area contributed by atoms with Gasteiger partial charge in [-0.1, -0.05) is 12.1 Å². The van der Waals surface area contributed by atoms with E-state index in [1.54, 1.807) is 12.1 Å². The van der Waals surface area contributed by atoms with Crippen LogP contribution in [0, 0.1) is 0 Å². The molecule has 0 saturated carbocycles. The highest BCUT2D eigenvalue weighted by Crippen LogP contribution is 2.21. The zero-order valence-corrected chi connectivity index (χ0v) is 7.51. The molecular formula is C10H7NO4. The molecule has 0 aromatic heterocycles. The molecule has 1 aliphatic heterocycles. The molecule has 76 valence electrons. The maximum Gasteiger partial charge on any atom is 0.323 e. The van der Waals surface area contributed by atoms with E-state index in [1.807, 2.05) is 0 Å². The van der Waals surface area contributed by atoms with Crippen LogP contribution in [0.25, 0.3) is 0 Å². The molecule has 1 atom stereocenters. The molecule has 0 saturated heterocycles. The van der Waals surface area contributed by atoms with E-state index in [-0.39, 0.29) is 11.1 Å². The lowest BCUT2D eigenvalue weighted by Crippen LogP contribution is -2.34. The Hall–Kier alpha value is -2.17. The molecule has 1 aromatic carbocycles. The Labute approximate surface area is 86.3 Å². The number of carboxylic acid groups (broad SMARTS) is 1. The molecule has 1 aliphatic rings. The van der Waals surface area contributed by atoms with Crippen molar-refractivity contribution in [2.24, 2.45) is 0 Å². The fourth-order valence-electron chi connectivity index (χ4n) is 1.44. The minimum atomic E-state index is -1.90. The zero-order valence-electron chi connectivity index (χ0n) is 8.51. The van der Waals surface area contributed by atoms with Gasteiger partial charge in [-0.2, -0.15) is 0 Å². The Bertz CT molecular complexity index is 464. The summed E-state index contributed by atoms with van der Waals surface area (Å²) in [6, 6.07) is 6.02. The van der Waals surface area contributed by atoms with Crippen molar-refractivity contribution in [1.29, 1.82) is 0 Å². The van der Waals surface area contributed by atoms with Crippen molar-refractivity contribution >= 4 is 17.8 Å². The second-order valence-electron chi connectivity index (χ2n) is 2.99.